The Morgan fingerprint density at radius 3 is 2.83 bits per heavy atom. The summed E-state index contributed by atoms with van der Waals surface area (Å²) in [6, 6.07) is 7.70. The number of nitrogens with zero attached hydrogens (tertiary/aromatic N) is 1. The molecule has 1 amide bonds. The number of rotatable bonds is 3. The number of hydrogen-bond donors (Lipinski definition) is 2. The Morgan fingerprint density at radius 2 is 1.96 bits per heavy atom. The second kappa shape index (κ2) is 5.95. The average molecular weight is 313 g/mol. The highest BCUT2D eigenvalue weighted by atomic mass is 16.7. The lowest BCUT2D eigenvalue weighted by molar-refractivity contribution is 0.0922. The first-order valence-electron chi connectivity index (χ1n) is 8.06. The van der Waals surface area contributed by atoms with Gasteiger partial charge >= 0.3 is 0 Å². The minimum Gasteiger partial charge on any atom is -0.454 e. The monoisotopic (exact) mass is 313 g/mol. The quantitative estimate of drug-likeness (QED) is 0.913. The van der Waals surface area contributed by atoms with Crippen LogP contribution in [0.1, 0.15) is 42.6 Å². The predicted molar refractivity (Wildman–Crippen MR) is 84.5 cm³/mol. The highest BCUT2D eigenvalue weighted by Crippen LogP contribution is 2.35. The SMILES string of the molecule is O=C(NC1CCCCC1)c1cc(-c2ccc3c(c2)OCO3)n[nH]1. The molecule has 0 unspecified atom stereocenters. The Bertz CT molecular complexity index is 720. The normalized spacial score (nSPS) is 17.2. The third-order valence-corrected chi connectivity index (χ3v) is 4.43. The van der Waals surface area contributed by atoms with Gasteiger partial charge in [-0.3, -0.25) is 9.89 Å². The van der Waals surface area contributed by atoms with Gasteiger partial charge in [0.15, 0.2) is 11.5 Å². The number of ether oxygens (including phenoxy) is 2. The fourth-order valence-electron chi connectivity index (χ4n) is 3.15. The summed E-state index contributed by atoms with van der Waals surface area (Å²) in [5.41, 5.74) is 2.10. The summed E-state index contributed by atoms with van der Waals surface area (Å²) >= 11 is 0. The highest BCUT2D eigenvalue weighted by molar-refractivity contribution is 5.93. The summed E-state index contributed by atoms with van der Waals surface area (Å²) in [7, 11) is 0. The number of aromatic nitrogens is 2. The molecule has 1 aliphatic carbocycles. The second-order valence-electron chi connectivity index (χ2n) is 6.04. The summed E-state index contributed by atoms with van der Waals surface area (Å²) < 4.78 is 10.7. The molecule has 23 heavy (non-hydrogen) atoms. The van der Waals surface area contributed by atoms with Gasteiger partial charge in [0.2, 0.25) is 6.79 Å². The largest absolute Gasteiger partial charge is 0.454 e. The molecular weight excluding hydrogens is 294 g/mol. The molecule has 1 saturated carbocycles. The van der Waals surface area contributed by atoms with E-state index in [-0.39, 0.29) is 18.7 Å². The van der Waals surface area contributed by atoms with Crippen molar-refractivity contribution < 1.29 is 14.3 Å². The van der Waals surface area contributed by atoms with Gasteiger partial charge in [0.25, 0.3) is 5.91 Å². The number of fused-ring (bicyclic) bond motifs is 1. The van der Waals surface area contributed by atoms with Crippen LogP contribution < -0.4 is 14.8 Å². The van der Waals surface area contributed by atoms with Gasteiger partial charge in [-0.1, -0.05) is 19.3 Å². The van der Waals surface area contributed by atoms with Crippen LogP contribution in [0.2, 0.25) is 0 Å². The van der Waals surface area contributed by atoms with Crippen LogP contribution in [0.4, 0.5) is 0 Å². The van der Waals surface area contributed by atoms with Crippen LogP contribution in [0.5, 0.6) is 11.5 Å². The van der Waals surface area contributed by atoms with Crippen LogP contribution in [0.15, 0.2) is 24.3 Å². The molecule has 0 bridgehead atoms. The second-order valence-corrected chi connectivity index (χ2v) is 6.04. The number of nitrogens with one attached hydrogen (secondary N) is 2. The van der Waals surface area contributed by atoms with Crippen LogP contribution in [0, 0.1) is 0 Å². The zero-order valence-corrected chi connectivity index (χ0v) is 12.8. The smallest absolute Gasteiger partial charge is 0.269 e. The van der Waals surface area contributed by atoms with Crippen LogP contribution in [0.25, 0.3) is 11.3 Å². The average Bonchev–Trinajstić information content (AvgIpc) is 3.24. The molecule has 0 radical (unpaired) electrons. The zero-order chi connectivity index (χ0) is 15.6. The number of hydrogen-bond acceptors (Lipinski definition) is 4. The lowest BCUT2D eigenvalue weighted by Crippen LogP contribution is -2.36. The zero-order valence-electron chi connectivity index (χ0n) is 12.8. The number of H-pyrrole nitrogens is 1. The Hall–Kier alpha value is -2.50. The number of aromatic amines is 1. The number of carbonyl (C=O) groups excluding carboxylic acids is 1. The van der Waals surface area contributed by atoms with E-state index in [1.165, 1.54) is 19.3 Å². The van der Waals surface area contributed by atoms with Crippen LogP contribution >= 0.6 is 0 Å². The first-order valence-corrected chi connectivity index (χ1v) is 8.06. The van der Waals surface area contributed by atoms with Crippen LogP contribution in [-0.2, 0) is 0 Å². The molecule has 0 atom stereocenters. The minimum absolute atomic E-state index is 0.0867. The van der Waals surface area contributed by atoms with Gasteiger partial charge < -0.3 is 14.8 Å². The van der Waals surface area contributed by atoms with E-state index in [1.807, 2.05) is 18.2 Å². The fourth-order valence-corrected chi connectivity index (χ4v) is 3.15. The standard InChI is InChI=1S/C17H19N3O3/c21-17(18-12-4-2-1-3-5-12)14-9-13(19-20-14)11-6-7-15-16(8-11)23-10-22-15/h6-9,12H,1-5,10H2,(H,18,21)(H,19,20). The van der Waals surface area contributed by atoms with E-state index in [4.69, 9.17) is 9.47 Å². The molecule has 2 N–H and O–H groups in total. The Balaban J connectivity index is 1.48. The van der Waals surface area contributed by atoms with Crippen LogP contribution in [-0.4, -0.2) is 28.9 Å². The molecule has 1 aromatic heterocycles. The number of carbonyl (C=O) groups is 1. The molecule has 6 nitrogen and oxygen atoms in total. The molecule has 2 aromatic rings. The van der Waals surface area contributed by atoms with Gasteiger partial charge in [-0.2, -0.15) is 5.10 Å². The van der Waals surface area contributed by atoms with Gasteiger partial charge in [0.1, 0.15) is 5.69 Å². The maximum Gasteiger partial charge on any atom is 0.269 e. The summed E-state index contributed by atoms with van der Waals surface area (Å²) in [5.74, 6) is 1.36. The van der Waals surface area contributed by atoms with E-state index in [0.29, 0.717) is 11.4 Å². The predicted octanol–water partition coefficient (Wildman–Crippen LogP) is 2.87. The first-order chi connectivity index (χ1) is 11.3. The van der Waals surface area contributed by atoms with Crippen LogP contribution in [0.3, 0.4) is 0 Å². The highest BCUT2D eigenvalue weighted by Gasteiger charge is 2.19. The molecule has 1 aliphatic heterocycles. The van der Waals surface area contributed by atoms with Crippen molar-refractivity contribution in [3.8, 4) is 22.8 Å². The van der Waals surface area contributed by atoms with Crippen molar-refractivity contribution in [3.05, 3.63) is 30.0 Å². The van der Waals surface area contributed by atoms with E-state index in [1.54, 1.807) is 6.07 Å². The summed E-state index contributed by atoms with van der Waals surface area (Å²) in [5, 5.41) is 10.2. The molecule has 0 saturated heterocycles. The van der Waals surface area contributed by atoms with Crippen molar-refractivity contribution >= 4 is 5.91 Å². The Labute approximate surface area is 134 Å². The fraction of sp³-hybridized carbons (Fsp3) is 0.412. The van der Waals surface area contributed by atoms with Gasteiger partial charge in [-0.15, -0.1) is 0 Å². The van der Waals surface area contributed by atoms with E-state index in [0.717, 1.165) is 29.8 Å². The van der Waals surface area contributed by atoms with Crippen molar-refractivity contribution in [1.82, 2.24) is 15.5 Å². The van der Waals surface area contributed by atoms with E-state index < -0.39 is 0 Å². The molecule has 2 aliphatic rings. The van der Waals surface area contributed by atoms with E-state index >= 15 is 0 Å². The molecule has 0 spiro atoms. The molecular formula is C17H19N3O3. The number of amides is 1. The topological polar surface area (TPSA) is 76.2 Å². The third kappa shape index (κ3) is 2.88. The lowest BCUT2D eigenvalue weighted by Gasteiger charge is -2.22. The van der Waals surface area contributed by atoms with Gasteiger partial charge in [0, 0.05) is 11.6 Å². The van der Waals surface area contributed by atoms with Gasteiger partial charge in [0.05, 0.1) is 5.69 Å². The van der Waals surface area contributed by atoms with Crippen molar-refractivity contribution in [1.29, 1.82) is 0 Å². The Kier molecular flexibility index (Phi) is 3.65. The van der Waals surface area contributed by atoms with Crippen molar-refractivity contribution in [3.63, 3.8) is 0 Å². The molecule has 1 fully saturated rings. The van der Waals surface area contributed by atoms with E-state index in [2.05, 4.69) is 15.5 Å². The molecule has 6 heteroatoms. The van der Waals surface area contributed by atoms with Crippen molar-refractivity contribution in [2.75, 3.05) is 6.79 Å². The maximum absolute atomic E-state index is 12.3. The molecule has 120 valence electrons. The van der Waals surface area contributed by atoms with Crippen molar-refractivity contribution in [2.45, 2.75) is 38.1 Å². The summed E-state index contributed by atoms with van der Waals surface area (Å²) in [6.45, 7) is 0.244. The molecule has 1 aromatic carbocycles. The maximum atomic E-state index is 12.3. The first kappa shape index (κ1) is 14.1. The van der Waals surface area contributed by atoms with Gasteiger partial charge in [-0.25, -0.2) is 0 Å². The molecule has 2 heterocycles. The van der Waals surface area contributed by atoms with E-state index in [9.17, 15) is 4.79 Å². The van der Waals surface area contributed by atoms with Gasteiger partial charge in [-0.05, 0) is 37.1 Å². The summed E-state index contributed by atoms with van der Waals surface area (Å²) in [6.07, 6.45) is 5.78. The van der Waals surface area contributed by atoms with Crippen molar-refractivity contribution in [2.24, 2.45) is 0 Å². The number of benzene rings is 1. The third-order valence-electron chi connectivity index (χ3n) is 4.43. The minimum atomic E-state index is -0.0867. The lowest BCUT2D eigenvalue weighted by atomic mass is 9.95. The molecule has 4 rings (SSSR count). The summed E-state index contributed by atoms with van der Waals surface area (Å²) in [4.78, 5) is 12.3. The Morgan fingerprint density at radius 1 is 1.13 bits per heavy atom.